The summed E-state index contributed by atoms with van der Waals surface area (Å²) in [5, 5.41) is 0. The number of allylic oxidation sites excluding steroid dienone is 1. The average Bonchev–Trinajstić information content (AvgIpc) is 3.71. The Morgan fingerprint density at radius 2 is 1.08 bits per heavy atom. The summed E-state index contributed by atoms with van der Waals surface area (Å²) in [6.07, 6.45) is 12.5. The van der Waals surface area contributed by atoms with Crippen molar-refractivity contribution in [3.05, 3.63) is 203 Å². The average molecular weight is 776 g/mol. The molecule has 0 aromatic heterocycles. The van der Waals surface area contributed by atoms with Crippen LogP contribution in [0, 0.1) is 23.7 Å². The molecule has 0 heterocycles. The SMILES string of the molecule is C/C=C\c1cccc(N(c2ccc(-c3ccccc3)cc2)c2cccc3c2C(C)(C)c2ccccc2-3)c1Cc1cccc2c1C1(c3ccccc3-2)C2CC3CC(C2)CC1C3. The number of rotatable bonds is 7. The quantitative estimate of drug-likeness (QED) is 0.156. The first-order valence-corrected chi connectivity index (χ1v) is 22.6. The molecule has 0 unspecified atom stereocenters. The van der Waals surface area contributed by atoms with Crippen LogP contribution in [0.15, 0.2) is 164 Å². The van der Waals surface area contributed by atoms with Crippen molar-refractivity contribution < 1.29 is 0 Å². The molecule has 1 heteroatoms. The maximum Gasteiger partial charge on any atom is 0.0508 e. The summed E-state index contributed by atoms with van der Waals surface area (Å²) < 4.78 is 0. The minimum atomic E-state index is -0.177. The molecule has 7 aromatic rings. The number of anilines is 3. The number of benzene rings is 7. The van der Waals surface area contributed by atoms with E-state index >= 15 is 0 Å². The van der Waals surface area contributed by atoms with Crippen LogP contribution >= 0.6 is 0 Å². The third-order valence-corrected chi connectivity index (χ3v) is 15.8. The van der Waals surface area contributed by atoms with E-state index in [0.29, 0.717) is 0 Å². The first-order valence-electron chi connectivity index (χ1n) is 22.6. The number of hydrogen-bond donors (Lipinski definition) is 0. The van der Waals surface area contributed by atoms with Gasteiger partial charge in [-0.25, -0.2) is 0 Å². The first kappa shape index (κ1) is 36.0. The molecule has 7 aromatic carbocycles. The summed E-state index contributed by atoms with van der Waals surface area (Å²) in [4.78, 5) is 2.61. The molecule has 4 fully saturated rings. The zero-order valence-electron chi connectivity index (χ0n) is 35.2. The smallest absolute Gasteiger partial charge is 0.0508 e. The summed E-state index contributed by atoms with van der Waals surface area (Å²) in [6, 6.07) is 60.1. The molecule has 0 N–H and O–H groups in total. The fraction of sp³-hybridized carbons (Fsp3) is 0.254. The van der Waals surface area contributed by atoms with Crippen molar-refractivity contribution in [1.82, 2.24) is 0 Å². The van der Waals surface area contributed by atoms with Gasteiger partial charge in [-0.2, -0.15) is 0 Å². The highest BCUT2D eigenvalue weighted by molar-refractivity contribution is 5.92. The van der Waals surface area contributed by atoms with Crippen LogP contribution in [0.25, 0.3) is 39.5 Å². The Morgan fingerprint density at radius 3 is 1.80 bits per heavy atom. The van der Waals surface area contributed by atoms with Gasteiger partial charge >= 0.3 is 0 Å². The van der Waals surface area contributed by atoms with E-state index in [4.69, 9.17) is 0 Å². The second-order valence-corrected chi connectivity index (χ2v) is 19.2. The Bertz CT molecular complexity index is 2810. The molecule has 6 aliphatic carbocycles. The van der Waals surface area contributed by atoms with Crippen molar-refractivity contribution in [1.29, 1.82) is 0 Å². The van der Waals surface area contributed by atoms with Gasteiger partial charge in [-0.1, -0.05) is 159 Å². The second kappa shape index (κ2) is 13.5. The van der Waals surface area contributed by atoms with Crippen molar-refractivity contribution in [2.45, 2.75) is 70.1 Å². The lowest BCUT2D eigenvalue weighted by Gasteiger charge is -2.61. The largest absolute Gasteiger partial charge is 0.310 e. The molecule has 4 saturated carbocycles. The van der Waals surface area contributed by atoms with Crippen LogP contribution in [0.5, 0.6) is 0 Å². The maximum absolute atomic E-state index is 2.61. The summed E-state index contributed by atoms with van der Waals surface area (Å²) in [5.41, 5.74) is 22.0. The highest BCUT2D eigenvalue weighted by Gasteiger charge is 2.62. The molecular weight excluding hydrogens is 723 g/mol. The highest BCUT2D eigenvalue weighted by atomic mass is 15.1. The lowest BCUT2D eigenvalue weighted by molar-refractivity contribution is -0.0402. The van der Waals surface area contributed by atoms with Gasteiger partial charge < -0.3 is 4.90 Å². The van der Waals surface area contributed by atoms with Crippen molar-refractivity contribution in [3.63, 3.8) is 0 Å². The Hall–Kier alpha value is -5.92. The van der Waals surface area contributed by atoms with Crippen LogP contribution in [0.3, 0.4) is 0 Å². The third-order valence-electron chi connectivity index (χ3n) is 15.8. The first-order chi connectivity index (χ1) is 29.4. The van der Waals surface area contributed by atoms with Crippen molar-refractivity contribution in [2.75, 3.05) is 4.90 Å². The van der Waals surface area contributed by atoms with Crippen LogP contribution < -0.4 is 4.90 Å². The van der Waals surface area contributed by atoms with E-state index in [1.165, 1.54) is 110 Å². The number of hydrogen-bond acceptors (Lipinski definition) is 1. The number of fused-ring (bicyclic) bond motifs is 6. The van der Waals surface area contributed by atoms with Gasteiger partial charge in [-0.3, -0.25) is 0 Å². The van der Waals surface area contributed by atoms with Crippen LogP contribution in [-0.4, -0.2) is 0 Å². The molecule has 0 radical (unpaired) electrons. The lowest BCUT2D eigenvalue weighted by Crippen LogP contribution is -2.55. The molecule has 294 valence electrons. The molecule has 0 atom stereocenters. The molecule has 0 amide bonds. The Morgan fingerprint density at radius 1 is 0.517 bits per heavy atom. The lowest BCUT2D eigenvalue weighted by atomic mass is 9.43. The molecule has 1 nitrogen and oxygen atoms in total. The van der Waals surface area contributed by atoms with Crippen LogP contribution in [0.1, 0.15) is 91.8 Å². The Balaban J connectivity index is 1.08. The monoisotopic (exact) mass is 775 g/mol. The molecule has 0 saturated heterocycles. The van der Waals surface area contributed by atoms with Gasteiger partial charge in [0.25, 0.3) is 0 Å². The molecule has 13 rings (SSSR count). The van der Waals surface area contributed by atoms with Gasteiger partial charge in [0.2, 0.25) is 0 Å². The maximum atomic E-state index is 2.61. The van der Waals surface area contributed by atoms with E-state index in [9.17, 15) is 0 Å². The molecular formula is C59H53N. The molecule has 4 bridgehead atoms. The molecule has 6 aliphatic rings. The van der Waals surface area contributed by atoms with Gasteiger partial charge in [-0.05, 0) is 159 Å². The summed E-state index contributed by atoms with van der Waals surface area (Å²) in [7, 11) is 0. The van der Waals surface area contributed by atoms with E-state index in [2.05, 4.69) is 196 Å². The van der Waals surface area contributed by atoms with Gasteiger partial charge in [-0.15, -0.1) is 0 Å². The normalized spacial score (nSPS) is 23.4. The highest BCUT2D eigenvalue weighted by Crippen LogP contribution is 2.70. The van der Waals surface area contributed by atoms with Crippen molar-refractivity contribution >= 4 is 23.1 Å². The fourth-order valence-corrected chi connectivity index (χ4v) is 13.8. The minimum absolute atomic E-state index is 0.106. The van der Waals surface area contributed by atoms with E-state index in [-0.39, 0.29) is 10.8 Å². The van der Waals surface area contributed by atoms with Gasteiger partial charge in [0, 0.05) is 22.9 Å². The van der Waals surface area contributed by atoms with E-state index in [1.807, 2.05) is 0 Å². The second-order valence-electron chi connectivity index (χ2n) is 19.2. The standard InChI is InChI=1S/C59H53N/c1-4-15-42-18-13-26-54(51(42)37-43-19-12-22-49-48-21-9-11-25-53(48)59(56(43)49)44-33-38-32-39(35-44)36-45(59)34-38)60(46-30-28-41(29-31-46)40-16-6-5-7-17-40)55-27-14-23-50-47-20-8-10-24-52(47)58(2,3)57(50)55/h4-31,38-39,44-45H,32-37H2,1-3H3/b15-4-. The Labute approximate surface area is 356 Å². The van der Waals surface area contributed by atoms with Crippen LogP contribution in [0.4, 0.5) is 17.1 Å². The predicted octanol–water partition coefficient (Wildman–Crippen LogP) is 15.5. The van der Waals surface area contributed by atoms with E-state index in [1.54, 1.807) is 11.1 Å². The molecule has 1 spiro atoms. The third kappa shape index (κ3) is 5.11. The summed E-state index contributed by atoms with van der Waals surface area (Å²) in [6.45, 7) is 7.01. The summed E-state index contributed by atoms with van der Waals surface area (Å²) in [5.74, 6) is 3.26. The predicted molar refractivity (Wildman–Crippen MR) is 251 cm³/mol. The van der Waals surface area contributed by atoms with Crippen LogP contribution in [0.2, 0.25) is 0 Å². The zero-order valence-corrected chi connectivity index (χ0v) is 35.2. The van der Waals surface area contributed by atoms with Gasteiger partial charge in [0.05, 0.1) is 11.4 Å². The zero-order chi connectivity index (χ0) is 40.2. The Kier molecular flexibility index (Phi) is 8.12. The van der Waals surface area contributed by atoms with Gasteiger partial charge in [0.15, 0.2) is 0 Å². The van der Waals surface area contributed by atoms with Crippen molar-refractivity contribution in [3.8, 4) is 33.4 Å². The van der Waals surface area contributed by atoms with E-state index < -0.39 is 0 Å². The van der Waals surface area contributed by atoms with Crippen LogP contribution in [-0.2, 0) is 17.3 Å². The van der Waals surface area contributed by atoms with E-state index in [0.717, 1.165) is 30.1 Å². The van der Waals surface area contributed by atoms with Gasteiger partial charge in [0.1, 0.15) is 0 Å². The molecule has 0 aliphatic heterocycles. The summed E-state index contributed by atoms with van der Waals surface area (Å²) >= 11 is 0. The molecule has 60 heavy (non-hydrogen) atoms. The topological polar surface area (TPSA) is 3.24 Å². The fourth-order valence-electron chi connectivity index (χ4n) is 13.8. The van der Waals surface area contributed by atoms with Crippen molar-refractivity contribution in [2.24, 2.45) is 23.7 Å². The number of nitrogens with zero attached hydrogens (tertiary/aromatic N) is 1. The minimum Gasteiger partial charge on any atom is -0.310 e.